The molecular weight excluding hydrogens is 144 g/mol. The Morgan fingerprint density at radius 1 is 1.45 bits per heavy atom. The van der Waals surface area contributed by atoms with Gasteiger partial charge in [0.25, 0.3) is 0 Å². The summed E-state index contributed by atoms with van der Waals surface area (Å²) in [5, 5.41) is 0. The number of rotatable bonds is 3. The highest BCUT2D eigenvalue weighted by Crippen LogP contribution is 2.18. The minimum Gasteiger partial charge on any atom is -0.359 e. The zero-order valence-electron chi connectivity index (χ0n) is 7.21. The van der Waals surface area contributed by atoms with Crippen molar-refractivity contribution < 1.29 is 14.2 Å². The molecule has 0 spiro atoms. The molecule has 0 saturated carbocycles. The molecule has 3 nitrogen and oxygen atoms in total. The summed E-state index contributed by atoms with van der Waals surface area (Å²) in [7, 11) is 1.62. The molecule has 11 heavy (non-hydrogen) atoms. The second-order valence-electron chi connectivity index (χ2n) is 2.88. The first kappa shape index (κ1) is 8.97. The molecule has 2 unspecified atom stereocenters. The highest BCUT2D eigenvalue weighted by atomic mass is 16.7. The van der Waals surface area contributed by atoms with Crippen LogP contribution in [0.15, 0.2) is 0 Å². The number of ether oxygens (including phenoxy) is 3. The van der Waals surface area contributed by atoms with Crippen molar-refractivity contribution in [3.8, 4) is 0 Å². The van der Waals surface area contributed by atoms with Gasteiger partial charge in [-0.25, -0.2) is 0 Å². The lowest BCUT2D eigenvalue weighted by atomic mass is 10.1. The molecule has 1 aliphatic heterocycles. The number of hydrogen-bond acceptors (Lipinski definition) is 3. The molecule has 1 fully saturated rings. The maximum absolute atomic E-state index is 5.49. The van der Waals surface area contributed by atoms with E-state index < -0.39 is 0 Å². The summed E-state index contributed by atoms with van der Waals surface area (Å²) in [5.74, 6) is 0. The molecule has 2 atom stereocenters. The molecule has 0 bridgehead atoms. The first-order valence-electron chi connectivity index (χ1n) is 4.09. The van der Waals surface area contributed by atoms with E-state index in [2.05, 4.69) is 6.92 Å². The fourth-order valence-electron chi connectivity index (χ4n) is 1.23. The third-order valence-corrected chi connectivity index (χ3v) is 1.81. The van der Waals surface area contributed by atoms with E-state index in [0.29, 0.717) is 12.9 Å². The molecule has 0 aromatic rings. The Morgan fingerprint density at radius 3 is 2.91 bits per heavy atom. The minimum absolute atomic E-state index is 0.0429. The largest absolute Gasteiger partial charge is 0.359 e. The SMILES string of the molecule is COCOC1CCCC(C)O1. The van der Waals surface area contributed by atoms with Crippen molar-refractivity contribution in [2.75, 3.05) is 13.9 Å². The lowest BCUT2D eigenvalue weighted by Crippen LogP contribution is -2.28. The molecule has 0 aliphatic carbocycles. The molecule has 0 amide bonds. The average Bonchev–Trinajstić information content (AvgIpc) is 2.01. The van der Waals surface area contributed by atoms with Gasteiger partial charge in [0.15, 0.2) is 6.29 Å². The van der Waals surface area contributed by atoms with E-state index >= 15 is 0 Å². The van der Waals surface area contributed by atoms with E-state index in [-0.39, 0.29) is 6.29 Å². The van der Waals surface area contributed by atoms with E-state index in [4.69, 9.17) is 14.2 Å². The van der Waals surface area contributed by atoms with Gasteiger partial charge < -0.3 is 14.2 Å². The summed E-state index contributed by atoms with van der Waals surface area (Å²) in [6, 6.07) is 0. The molecule has 1 saturated heterocycles. The predicted molar refractivity (Wildman–Crippen MR) is 41.1 cm³/mol. The van der Waals surface area contributed by atoms with Gasteiger partial charge in [0, 0.05) is 7.11 Å². The average molecular weight is 160 g/mol. The summed E-state index contributed by atoms with van der Waals surface area (Å²) >= 11 is 0. The standard InChI is InChI=1S/C8H16O3/c1-7-4-3-5-8(11-7)10-6-9-2/h7-8H,3-6H2,1-2H3. The van der Waals surface area contributed by atoms with Gasteiger partial charge in [-0.3, -0.25) is 0 Å². The van der Waals surface area contributed by atoms with Gasteiger partial charge in [0.05, 0.1) is 6.10 Å². The van der Waals surface area contributed by atoms with Gasteiger partial charge in [-0.05, 0) is 26.2 Å². The molecule has 0 radical (unpaired) electrons. The molecular formula is C8H16O3. The van der Waals surface area contributed by atoms with Crippen LogP contribution in [0.5, 0.6) is 0 Å². The summed E-state index contributed by atoms with van der Waals surface area (Å²) < 4.78 is 15.5. The fourth-order valence-corrected chi connectivity index (χ4v) is 1.23. The molecule has 1 rings (SSSR count). The summed E-state index contributed by atoms with van der Waals surface area (Å²) in [5.41, 5.74) is 0. The van der Waals surface area contributed by atoms with E-state index in [9.17, 15) is 0 Å². The summed E-state index contributed by atoms with van der Waals surface area (Å²) in [4.78, 5) is 0. The zero-order chi connectivity index (χ0) is 8.10. The minimum atomic E-state index is -0.0429. The quantitative estimate of drug-likeness (QED) is 0.586. The van der Waals surface area contributed by atoms with Crippen LogP contribution in [0.1, 0.15) is 26.2 Å². The van der Waals surface area contributed by atoms with E-state index in [1.54, 1.807) is 7.11 Å². The first-order valence-corrected chi connectivity index (χ1v) is 4.09. The van der Waals surface area contributed by atoms with Crippen molar-refractivity contribution in [2.45, 2.75) is 38.6 Å². The van der Waals surface area contributed by atoms with Crippen LogP contribution in [-0.4, -0.2) is 26.3 Å². The Morgan fingerprint density at radius 2 is 2.27 bits per heavy atom. The third kappa shape index (κ3) is 3.18. The van der Waals surface area contributed by atoms with Crippen LogP contribution in [0.2, 0.25) is 0 Å². The lowest BCUT2D eigenvalue weighted by molar-refractivity contribution is -0.222. The van der Waals surface area contributed by atoms with Crippen LogP contribution in [-0.2, 0) is 14.2 Å². The molecule has 0 aromatic heterocycles. The van der Waals surface area contributed by atoms with E-state index in [1.807, 2.05) is 0 Å². The molecule has 1 aliphatic rings. The highest BCUT2D eigenvalue weighted by molar-refractivity contribution is 4.60. The van der Waals surface area contributed by atoms with Crippen LogP contribution in [0.3, 0.4) is 0 Å². The Bertz CT molecular complexity index is 106. The summed E-state index contributed by atoms with van der Waals surface area (Å²) in [6.07, 6.45) is 3.63. The van der Waals surface area contributed by atoms with Crippen LogP contribution >= 0.6 is 0 Å². The first-order chi connectivity index (χ1) is 5.33. The Hall–Kier alpha value is -0.120. The Balaban J connectivity index is 2.12. The normalized spacial score (nSPS) is 32.2. The third-order valence-electron chi connectivity index (χ3n) is 1.81. The van der Waals surface area contributed by atoms with Gasteiger partial charge in [-0.15, -0.1) is 0 Å². The van der Waals surface area contributed by atoms with Gasteiger partial charge >= 0.3 is 0 Å². The van der Waals surface area contributed by atoms with Crippen molar-refractivity contribution in [3.05, 3.63) is 0 Å². The van der Waals surface area contributed by atoms with Crippen molar-refractivity contribution in [1.29, 1.82) is 0 Å². The molecule has 66 valence electrons. The zero-order valence-corrected chi connectivity index (χ0v) is 7.21. The Labute approximate surface area is 67.6 Å². The van der Waals surface area contributed by atoms with Crippen LogP contribution in [0.4, 0.5) is 0 Å². The van der Waals surface area contributed by atoms with Crippen molar-refractivity contribution in [2.24, 2.45) is 0 Å². The van der Waals surface area contributed by atoms with Gasteiger partial charge in [0.1, 0.15) is 6.79 Å². The van der Waals surface area contributed by atoms with Crippen LogP contribution in [0.25, 0.3) is 0 Å². The Kier molecular flexibility index (Phi) is 3.83. The van der Waals surface area contributed by atoms with E-state index in [0.717, 1.165) is 12.8 Å². The molecule has 0 aromatic carbocycles. The van der Waals surface area contributed by atoms with Gasteiger partial charge in [0.2, 0.25) is 0 Å². The van der Waals surface area contributed by atoms with E-state index in [1.165, 1.54) is 6.42 Å². The predicted octanol–water partition coefficient (Wildman–Crippen LogP) is 1.52. The lowest BCUT2D eigenvalue weighted by Gasteiger charge is -2.27. The smallest absolute Gasteiger partial charge is 0.160 e. The second kappa shape index (κ2) is 4.70. The van der Waals surface area contributed by atoms with Crippen LogP contribution in [0, 0.1) is 0 Å². The second-order valence-corrected chi connectivity index (χ2v) is 2.88. The summed E-state index contributed by atoms with van der Waals surface area (Å²) in [6.45, 7) is 2.40. The van der Waals surface area contributed by atoms with Crippen LogP contribution < -0.4 is 0 Å². The molecule has 1 heterocycles. The van der Waals surface area contributed by atoms with Gasteiger partial charge in [-0.1, -0.05) is 0 Å². The maximum atomic E-state index is 5.49. The topological polar surface area (TPSA) is 27.7 Å². The van der Waals surface area contributed by atoms with Crippen molar-refractivity contribution in [1.82, 2.24) is 0 Å². The fraction of sp³-hybridized carbons (Fsp3) is 1.00. The van der Waals surface area contributed by atoms with Gasteiger partial charge in [-0.2, -0.15) is 0 Å². The number of hydrogen-bond donors (Lipinski definition) is 0. The van der Waals surface area contributed by atoms with Crippen molar-refractivity contribution in [3.63, 3.8) is 0 Å². The molecule has 3 heteroatoms. The number of methoxy groups -OCH3 is 1. The monoisotopic (exact) mass is 160 g/mol. The highest BCUT2D eigenvalue weighted by Gasteiger charge is 2.18. The maximum Gasteiger partial charge on any atom is 0.160 e. The van der Waals surface area contributed by atoms with Crippen molar-refractivity contribution >= 4 is 0 Å². The molecule has 0 N–H and O–H groups in total.